The third-order valence-corrected chi connectivity index (χ3v) is 2.49. The predicted molar refractivity (Wildman–Crippen MR) is 74.0 cm³/mol. The highest BCUT2D eigenvalue weighted by Gasteiger charge is 2.15. The van der Waals surface area contributed by atoms with Gasteiger partial charge in [-0.3, -0.25) is 0 Å². The summed E-state index contributed by atoms with van der Waals surface area (Å²) >= 11 is 0. The molecule has 2 N–H and O–H groups in total. The lowest BCUT2D eigenvalue weighted by Crippen LogP contribution is -2.43. The van der Waals surface area contributed by atoms with E-state index in [1.54, 1.807) is 12.1 Å². The van der Waals surface area contributed by atoms with Crippen LogP contribution < -0.4 is 20.1 Å². The number of hydrogen-bond acceptors (Lipinski definition) is 3. The number of amides is 2. The largest absolute Gasteiger partial charge is 0.490 e. The lowest BCUT2D eigenvalue weighted by atomic mass is 10.1. The molecule has 5 nitrogen and oxygen atoms in total. The number of ether oxygens (including phenoxy) is 2. The molecular weight excluding hydrogens is 244 g/mol. The molecule has 0 fully saturated rings. The van der Waals surface area contributed by atoms with E-state index in [1.165, 1.54) is 0 Å². The molecule has 0 bridgehead atoms. The third kappa shape index (κ3) is 4.05. The molecule has 1 heterocycles. The second-order valence-corrected chi connectivity index (χ2v) is 5.54. The van der Waals surface area contributed by atoms with Crippen LogP contribution in [0.15, 0.2) is 18.2 Å². The molecule has 1 aromatic carbocycles. The average molecular weight is 264 g/mol. The number of nitrogens with one attached hydrogen (secondary N) is 2. The predicted octanol–water partition coefficient (Wildman–Crippen LogP) is 2.77. The van der Waals surface area contributed by atoms with Gasteiger partial charge in [-0.05, 0) is 32.9 Å². The molecule has 0 atom stereocenters. The molecule has 1 aliphatic heterocycles. The maximum Gasteiger partial charge on any atom is 0.319 e. The molecule has 0 saturated heterocycles. The quantitative estimate of drug-likeness (QED) is 0.820. The van der Waals surface area contributed by atoms with Crippen molar-refractivity contribution in [2.45, 2.75) is 32.7 Å². The average Bonchev–Trinajstić information content (AvgIpc) is 2.50. The highest BCUT2D eigenvalue weighted by molar-refractivity contribution is 5.90. The first-order valence-corrected chi connectivity index (χ1v) is 6.43. The van der Waals surface area contributed by atoms with Crippen LogP contribution in [0.1, 0.15) is 27.2 Å². The summed E-state index contributed by atoms with van der Waals surface area (Å²) < 4.78 is 11.1. The number of hydrogen-bond donors (Lipinski definition) is 2. The Balaban J connectivity index is 2.05. The van der Waals surface area contributed by atoms with Crippen LogP contribution in [-0.2, 0) is 0 Å². The fraction of sp³-hybridized carbons (Fsp3) is 0.500. The van der Waals surface area contributed by atoms with E-state index in [9.17, 15) is 4.79 Å². The molecule has 1 aliphatic rings. The van der Waals surface area contributed by atoms with Crippen molar-refractivity contribution in [1.82, 2.24) is 5.32 Å². The Labute approximate surface area is 113 Å². The zero-order chi connectivity index (χ0) is 13.9. The van der Waals surface area contributed by atoms with E-state index in [1.807, 2.05) is 26.8 Å². The van der Waals surface area contributed by atoms with E-state index in [4.69, 9.17) is 9.47 Å². The highest BCUT2D eigenvalue weighted by atomic mass is 16.5. The van der Waals surface area contributed by atoms with E-state index < -0.39 is 0 Å². The van der Waals surface area contributed by atoms with Gasteiger partial charge in [0.2, 0.25) is 0 Å². The lowest BCUT2D eigenvalue weighted by Gasteiger charge is -2.21. The van der Waals surface area contributed by atoms with Crippen LogP contribution >= 0.6 is 0 Å². The maximum atomic E-state index is 11.8. The molecule has 5 heteroatoms. The fourth-order valence-electron chi connectivity index (χ4n) is 1.74. The number of carbonyl (C=O) groups excluding carboxylic acids is 1. The zero-order valence-electron chi connectivity index (χ0n) is 11.6. The van der Waals surface area contributed by atoms with Gasteiger partial charge in [0.25, 0.3) is 0 Å². The molecule has 0 radical (unpaired) electrons. The summed E-state index contributed by atoms with van der Waals surface area (Å²) in [7, 11) is 0. The van der Waals surface area contributed by atoms with Crippen LogP contribution in [0.3, 0.4) is 0 Å². The molecule has 0 spiro atoms. The molecule has 0 aliphatic carbocycles. The number of carbonyl (C=O) groups is 1. The number of rotatable bonds is 1. The van der Waals surface area contributed by atoms with E-state index in [-0.39, 0.29) is 11.6 Å². The molecule has 0 saturated carbocycles. The Bertz CT molecular complexity index is 466. The summed E-state index contributed by atoms with van der Waals surface area (Å²) in [6.45, 7) is 7.08. The minimum atomic E-state index is -0.268. The lowest BCUT2D eigenvalue weighted by molar-refractivity contribution is 0.244. The summed E-state index contributed by atoms with van der Waals surface area (Å²) in [4.78, 5) is 11.8. The van der Waals surface area contributed by atoms with E-state index in [0.29, 0.717) is 24.7 Å². The van der Waals surface area contributed by atoms with Gasteiger partial charge >= 0.3 is 6.03 Å². The zero-order valence-corrected chi connectivity index (χ0v) is 11.6. The molecular formula is C14H20N2O3. The Kier molecular flexibility index (Phi) is 3.83. The summed E-state index contributed by atoms with van der Waals surface area (Å²) in [6, 6.07) is 5.16. The standard InChI is InChI=1S/C14H20N2O3/c1-14(2,3)16-13(17)15-10-5-6-11-12(9-10)19-8-4-7-18-11/h5-6,9H,4,7-8H2,1-3H3,(H2,15,16,17). The Morgan fingerprint density at radius 3 is 2.53 bits per heavy atom. The molecule has 19 heavy (non-hydrogen) atoms. The van der Waals surface area contributed by atoms with Crippen molar-refractivity contribution in [1.29, 1.82) is 0 Å². The van der Waals surface area contributed by atoms with Gasteiger partial charge in [0.1, 0.15) is 0 Å². The van der Waals surface area contributed by atoms with Gasteiger partial charge in [-0.1, -0.05) is 0 Å². The van der Waals surface area contributed by atoms with Gasteiger partial charge < -0.3 is 20.1 Å². The van der Waals surface area contributed by atoms with E-state index in [0.717, 1.165) is 12.2 Å². The van der Waals surface area contributed by atoms with Crippen molar-refractivity contribution < 1.29 is 14.3 Å². The second-order valence-electron chi connectivity index (χ2n) is 5.54. The number of urea groups is 1. The van der Waals surface area contributed by atoms with Gasteiger partial charge in [-0.2, -0.15) is 0 Å². The highest BCUT2D eigenvalue weighted by Crippen LogP contribution is 2.32. The maximum absolute atomic E-state index is 11.8. The third-order valence-electron chi connectivity index (χ3n) is 2.49. The van der Waals surface area contributed by atoms with Crippen LogP contribution in [0.25, 0.3) is 0 Å². The SMILES string of the molecule is CC(C)(C)NC(=O)Nc1ccc2c(c1)OCCCO2. The minimum absolute atomic E-state index is 0.234. The summed E-state index contributed by atoms with van der Waals surface area (Å²) in [5.74, 6) is 1.39. The van der Waals surface area contributed by atoms with Gasteiger partial charge in [-0.25, -0.2) is 4.79 Å². The van der Waals surface area contributed by atoms with Crippen molar-refractivity contribution in [3.63, 3.8) is 0 Å². The van der Waals surface area contributed by atoms with Crippen LogP contribution in [0.5, 0.6) is 11.5 Å². The summed E-state index contributed by atoms with van der Waals surface area (Å²) in [5.41, 5.74) is 0.418. The van der Waals surface area contributed by atoms with Gasteiger partial charge in [0.05, 0.1) is 13.2 Å². The van der Waals surface area contributed by atoms with Crippen molar-refractivity contribution in [3.8, 4) is 11.5 Å². The fourth-order valence-corrected chi connectivity index (χ4v) is 1.74. The summed E-state index contributed by atoms with van der Waals surface area (Å²) in [6.07, 6.45) is 0.863. The van der Waals surface area contributed by atoms with Crippen molar-refractivity contribution in [3.05, 3.63) is 18.2 Å². The molecule has 0 aromatic heterocycles. The number of anilines is 1. The van der Waals surface area contributed by atoms with Crippen LogP contribution in [0.2, 0.25) is 0 Å². The molecule has 1 aromatic rings. The summed E-state index contributed by atoms with van der Waals surface area (Å²) in [5, 5.41) is 5.62. The minimum Gasteiger partial charge on any atom is -0.490 e. The van der Waals surface area contributed by atoms with Gasteiger partial charge in [0.15, 0.2) is 11.5 Å². The topological polar surface area (TPSA) is 59.6 Å². The van der Waals surface area contributed by atoms with Crippen LogP contribution in [0, 0.1) is 0 Å². The van der Waals surface area contributed by atoms with Crippen molar-refractivity contribution >= 4 is 11.7 Å². The smallest absolute Gasteiger partial charge is 0.319 e. The van der Waals surface area contributed by atoms with Gasteiger partial charge in [-0.15, -0.1) is 0 Å². The molecule has 2 rings (SSSR count). The number of benzene rings is 1. The Morgan fingerprint density at radius 2 is 1.84 bits per heavy atom. The normalized spacial score (nSPS) is 14.5. The first-order chi connectivity index (χ1) is 8.94. The molecule has 104 valence electrons. The number of fused-ring (bicyclic) bond motifs is 1. The van der Waals surface area contributed by atoms with Crippen LogP contribution in [-0.4, -0.2) is 24.8 Å². The molecule has 2 amide bonds. The second kappa shape index (κ2) is 5.38. The first-order valence-electron chi connectivity index (χ1n) is 6.43. The monoisotopic (exact) mass is 264 g/mol. The molecule has 0 unspecified atom stereocenters. The Morgan fingerprint density at radius 1 is 1.16 bits per heavy atom. The first kappa shape index (κ1) is 13.5. The van der Waals surface area contributed by atoms with E-state index in [2.05, 4.69) is 10.6 Å². The van der Waals surface area contributed by atoms with Crippen LogP contribution in [0.4, 0.5) is 10.5 Å². The van der Waals surface area contributed by atoms with Crippen molar-refractivity contribution in [2.24, 2.45) is 0 Å². The van der Waals surface area contributed by atoms with Gasteiger partial charge in [0, 0.05) is 23.7 Å². The van der Waals surface area contributed by atoms with E-state index >= 15 is 0 Å². The van der Waals surface area contributed by atoms with Crippen molar-refractivity contribution in [2.75, 3.05) is 18.5 Å². The Hall–Kier alpha value is -1.91.